The Morgan fingerprint density at radius 2 is 1.57 bits per heavy atom. The minimum atomic E-state index is -0.813. The number of hydrogen-bond acceptors (Lipinski definition) is 4. The predicted molar refractivity (Wildman–Crippen MR) is 89.9 cm³/mol. The minimum absolute atomic E-state index is 0.499. The molecule has 0 aliphatic carbocycles. The Hall–Kier alpha value is -2.86. The molecule has 0 saturated heterocycles. The molecule has 0 atom stereocenters. The monoisotopic (exact) mass is 331 g/mol. The predicted octanol–water partition coefficient (Wildman–Crippen LogP) is 3.82. The Labute approximate surface area is 138 Å². The molecule has 0 spiro atoms. The van der Waals surface area contributed by atoms with E-state index in [4.69, 9.17) is 11.6 Å². The molecule has 2 amide bonds. The molecule has 23 heavy (non-hydrogen) atoms. The third-order valence-corrected chi connectivity index (χ3v) is 2.97. The Balaban J connectivity index is 1.78. The van der Waals surface area contributed by atoms with Crippen molar-refractivity contribution in [2.45, 2.75) is 6.92 Å². The lowest BCUT2D eigenvalue weighted by atomic mass is 10.2. The number of anilines is 2. The maximum Gasteiger partial charge on any atom is 0.437 e. The van der Waals surface area contributed by atoms with Gasteiger partial charge in [-0.2, -0.15) is 0 Å². The van der Waals surface area contributed by atoms with E-state index >= 15 is 0 Å². The molecule has 2 aromatic rings. The summed E-state index contributed by atoms with van der Waals surface area (Å²) in [5.74, 6) is -0.506. The SMILES string of the molecule is Cc1ccc(NC(=O)/C=N\OC(=O)Nc2ccc(Cl)cc2)cc1. The maximum absolute atomic E-state index is 11.6. The van der Waals surface area contributed by atoms with Crippen molar-refractivity contribution in [3.8, 4) is 0 Å². The van der Waals surface area contributed by atoms with Crippen LogP contribution in [0.3, 0.4) is 0 Å². The van der Waals surface area contributed by atoms with Gasteiger partial charge in [0.25, 0.3) is 5.91 Å². The molecule has 7 heteroatoms. The van der Waals surface area contributed by atoms with Crippen LogP contribution in [0.4, 0.5) is 16.2 Å². The van der Waals surface area contributed by atoms with E-state index in [1.165, 1.54) is 0 Å². The lowest BCUT2D eigenvalue weighted by Crippen LogP contribution is -2.15. The second-order valence-corrected chi connectivity index (χ2v) is 5.04. The van der Waals surface area contributed by atoms with Gasteiger partial charge in [0.1, 0.15) is 6.21 Å². The minimum Gasteiger partial charge on any atom is -0.321 e. The topological polar surface area (TPSA) is 79.8 Å². The summed E-state index contributed by atoms with van der Waals surface area (Å²) in [6, 6.07) is 13.7. The van der Waals surface area contributed by atoms with Gasteiger partial charge in [0.2, 0.25) is 0 Å². The van der Waals surface area contributed by atoms with Crippen molar-refractivity contribution in [1.29, 1.82) is 0 Å². The van der Waals surface area contributed by atoms with Gasteiger partial charge in [0.05, 0.1) is 0 Å². The molecular formula is C16H14ClN3O3. The van der Waals surface area contributed by atoms with Gasteiger partial charge in [-0.1, -0.05) is 34.5 Å². The molecule has 0 radical (unpaired) electrons. The number of hydrogen-bond donors (Lipinski definition) is 2. The van der Waals surface area contributed by atoms with Crippen LogP contribution in [0.2, 0.25) is 5.02 Å². The first-order chi connectivity index (χ1) is 11.0. The second-order valence-electron chi connectivity index (χ2n) is 4.60. The highest BCUT2D eigenvalue weighted by Crippen LogP contribution is 2.13. The summed E-state index contributed by atoms with van der Waals surface area (Å²) in [6.45, 7) is 1.94. The average molecular weight is 332 g/mol. The number of oxime groups is 1. The zero-order valence-electron chi connectivity index (χ0n) is 12.2. The maximum atomic E-state index is 11.6. The van der Waals surface area contributed by atoms with Gasteiger partial charge in [-0.25, -0.2) is 4.79 Å². The van der Waals surface area contributed by atoms with Crippen molar-refractivity contribution in [1.82, 2.24) is 0 Å². The van der Waals surface area contributed by atoms with E-state index in [0.29, 0.717) is 16.4 Å². The van der Waals surface area contributed by atoms with Crippen LogP contribution >= 0.6 is 11.6 Å². The lowest BCUT2D eigenvalue weighted by Gasteiger charge is -2.03. The van der Waals surface area contributed by atoms with Crippen molar-refractivity contribution < 1.29 is 14.4 Å². The van der Waals surface area contributed by atoms with Crippen molar-refractivity contribution in [2.24, 2.45) is 5.16 Å². The first-order valence-electron chi connectivity index (χ1n) is 6.67. The van der Waals surface area contributed by atoms with E-state index in [9.17, 15) is 9.59 Å². The number of carbonyl (C=O) groups excluding carboxylic acids is 2. The van der Waals surface area contributed by atoms with Crippen LogP contribution in [-0.4, -0.2) is 18.2 Å². The highest BCUT2D eigenvalue weighted by molar-refractivity contribution is 6.31. The van der Waals surface area contributed by atoms with Gasteiger partial charge in [-0.15, -0.1) is 0 Å². The number of rotatable bonds is 4. The lowest BCUT2D eigenvalue weighted by molar-refractivity contribution is -0.110. The molecule has 0 saturated carbocycles. The number of aryl methyl sites for hydroxylation is 1. The summed E-state index contributed by atoms with van der Waals surface area (Å²) >= 11 is 5.73. The molecule has 6 nitrogen and oxygen atoms in total. The van der Waals surface area contributed by atoms with Crippen molar-refractivity contribution in [3.05, 3.63) is 59.1 Å². The van der Waals surface area contributed by atoms with Gasteiger partial charge < -0.3 is 5.32 Å². The van der Waals surface area contributed by atoms with Gasteiger partial charge >= 0.3 is 6.09 Å². The molecule has 2 N–H and O–H groups in total. The highest BCUT2D eigenvalue weighted by atomic mass is 35.5. The fraction of sp³-hybridized carbons (Fsp3) is 0.0625. The summed E-state index contributed by atoms with van der Waals surface area (Å²) in [4.78, 5) is 27.6. The Bertz CT molecular complexity index is 712. The van der Waals surface area contributed by atoms with Gasteiger partial charge in [-0.05, 0) is 43.3 Å². The van der Waals surface area contributed by atoms with E-state index in [0.717, 1.165) is 11.8 Å². The van der Waals surface area contributed by atoms with Crippen LogP contribution in [0.25, 0.3) is 0 Å². The van der Waals surface area contributed by atoms with Crippen molar-refractivity contribution in [3.63, 3.8) is 0 Å². The smallest absolute Gasteiger partial charge is 0.321 e. The average Bonchev–Trinajstić information content (AvgIpc) is 2.52. The molecule has 118 valence electrons. The molecule has 0 unspecified atom stereocenters. The molecule has 0 aliphatic heterocycles. The summed E-state index contributed by atoms with van der Waals surface area (Å²) < 4.78 is 0. The van der Waals surface area contributed by atoms with Crippen LogP contribution < -0.4 is 10.6 Å². The third-order valence-electron chi connectivity index (χ3n) is 2.72. The number of nitrogens with zero attached hydrogens (tertiary/aromatic N) is 1. The van der Waals surface area contributed by atoms with Crippen LogP contribution in [0.5, 0.6) is 0 Å². The fourth-order valence-corrected chi connectivity index (χ4v) is 1.73. The molecule has 0 aliphatic rings. The second kappa shape index (κ2) is 7.95. The highest BCUT2D eigenvalue weighted by Gasteiger charge is 2.03. The van der Waals surface area contributed by atoms with Crippen LogP contribution in [0, 0.1) is 6.92 Å². The summed E-state index contributed by atoms with van der Waals surface area (Å²) in [6.07, 6.45) is 0.0631. The first-order valence-corrected chi connectivity index (χ1v) is 7.05. The molecule has 2 aromatic carbocycles. The van der Waals surface area contributed by atoms with Crippen LogP contribution in [0.1, 0.15) is 5.56 Å². The Morgan fingerprint density at radius 1 is 1.00 bits per heavy atom. The van der Waals surface area contributed by atoms with Gasteiger partial charge in [0, 0.05) is 16.4 Å². The van der Waals surface area contributed by atoms with E-state index in [-0.39, 0.29) is 0 Å². The normalized spacial score (nSPS) is 10.3. The summed E-state index contributed by atoms with van der Waals surface area (Å²) in [5, 5.41) is 8.89. The van der Waals surface area contributed by atoms with Crippen LogP contribution in [0.15, 0.2) is 53.7 Å². The largest absolute Gasteiger partial charge is 0.437 e. The quantitative estimate of drug-likeness (QED) is 0.507. The van der Waals surface area contributed by atoms with Crippen molar-refractivity contribution >= 4 is 41.2 Å². The van der Waals surface area contributed by atoms with Gasteiger partial charge in [-0.3, -0.25) is 14.9 Å². The zero-order chi connectivity index (χ0) is 16.7. The number of amides is 2. The first kappa shape index (κ1) is 16.5. The number of benzene rings is 2. The molecule has 0 fully saturated rings. The van der Waals surface area contributed by atoms with E-state index in [1.807, 2.05) is 19.1 Å². The summed E-state index contributed by atoms with van der Waals surface area (Å²) in [7, 11) is 0. The van der Waals surface area contributed by atoms with Crippen LogP contribution in [-0.2, 0) is 9.63 Å². The van der Waals surface area contributed by atoms with E-state index < -0.39 is 12.0 Å². The molecule has 0 heterocycles. The van der Waals surface area contributed by atoms with Crippen molar-refractivity contribution in [2.75, 3.05) is 10.6 Å². The fourth-order valence-electron chi connectivity index (χ4n) is 1.61. The molecule has 2 rings (SSSR count). The zero-order valence-corrected chi connectivity index (χ0v) is 13.0. The number of halogens is 1. The number of carbonyl (C=O) groups is 2. The van der Waals surface area contributed by atoms with Gasteiger partial charge in [0.15, 0.2) is 0 Å². The van der Waals surface area contributed by atoms with E-state index in [2.05, 4.69) is 20.6 Å². The Morgan fingerprint density at radius 3 is 2.22 bits per heavy atom. The summed E-state index contributed by atoms with van der Waals surface area (Å²) in [5.41, 5.74) is 2.20. The molecule has 0 bridgehead atoms. The Kier molecular flexibility index (Phi) is 5.71. The standard InChI is InChI=1S/C16H14ClN3O3/c1-11-2-6-13(7-3-11)19-15(21)10-18-23-16(22)20-14-8-4-12(17)5-9-14/h2-10H,1H3,(H,19,21)(H,20,22)/b18-10-. The van der Waals surface area contributed by atoms with E-state index in [1.54, 1.807) is 36.4 Å². The number of nitrogens with one attached hydrogen (secondary N) is 2. The molecule has 0 aromatic heterocycles. The third kappa shape index (κ3) is 5.80. The molecular weight excluding hydrogens is 318 g/mol.